The average molecular weight is 297 g/mol. The number of benzene rings is 2. The number of halogens is 3. The first-order valence-corrected chi connectivity index (χ1v) is 6.81. The summed E-state index contributed by atoms with van der Waals surface area (Å²) in [7, 11) is 0. The van der Waals surface area contributed by atoms with E-state index in [1.807, 2.05) is 0 Å². The van der Waals surface area contributed by atoms with Crippen molar-refractivity contribution in [2.24, 2.45) is 0 Å². The van der Waals surface area contributed by atoms with Gasteiger partial charge in [0.25, 0.3) is 0 Å². The molecule has 3 rings (SSSR count). The molecule has 1 nitrogen and oxygen atoms in total. The van der Waals surface area contributed by atoms with E-state index in [2.05, 4.69) is 0 Å². The second kappa shape index (κ2) is 5.03. The van der Waals surface area contributed by atoms with Gasteiger partial charge >= 0.3 is 0 Å². The van der Waals surface area contributed by atoms with Crippen molar-refractivity contribution < 1.29 is 9.13 Å². The predicted octanol–water partition coefficient (Wildman–Crippen LogP) is 5.12. The average Bonchev–Trinajstić information content (AvgIpc) is 2.40. The Kier molecular flexibility index (Phi) is 3.38. The monoisotopic (exact) mass is 296 g/mol. The van der Waals surface area contributed by atoms with Crippen LogP contribution in [0, 0.1) is 5.82 Å². The van der Waals surface area contributed by atoms with Crippen molar-refractivity contribution in [3.63, 3.8) is 0 Å². The van der Waals surface area contributed by atoms with Crippen LogP contribution in [0.15, 0.2) is 30.3 Å². The minimum Gasteiger partial charge on any atom is -0.493 e. The Labute approximate surface area is 120 Å². The number of aryl methyl sites for hydroxylation is 1. The van der Waals surface area contributed by atoms with Crippen molar-refractivity contribution in [2.45, 2.75) is 12.8 Å². The first-order chi connectivity index (χ1) is 9.15. The molecule has 0 aliphatic carbocycles. The zero-order valence-electron chi connectivity index (χ0n) is 10.1. The lowest BCUT2D eigenvalue weighted by atomic mass is 9.97. The van der Waals surface area contributed by atoms with Crippen molar-refractivity contribution in [1.82, 2.24) is 0 Å². The fourth-order valence-electron chi connectivity index (χ4n) is 2.35. The molecule has 0 bridgehead atoms. The smallest absolute Gasteiger partial charge is 0.130 e. The van der Waals surface area contributed by atoms with Gasteiger partial charge in [-0.15, -0.1) is 0 Å². The van der Waals surface area contributed by atoms with Crippen LogP contribution >= 0.6 is 23.2 Å². The van der Waals surface area contributed by atoms with Gasteiger partial charge in [0.2, 0.25) is 0 Å². The van der Waals surface area contributed by atoms with Crippen molar-refractivity contribution in [2.75, 3.05) is 6.61 Å². The van der Waals surface area contributed by atoms with E-state index in [0.717, 1.165) is 24.2 Å². The van der Waals surface area contributed by atoms with Gasteiger partial charge in [-0.05, 0) is 48.7 Å². The van der Waals surface area contributed by atoms with Crippen LogP contribution in [0.1, 0.15) is 12.0 Å². The summed E-state index contributed by atoms with van der Waals surface area (Å²) >= 11 is 12.2. The molecule has 1 aliphatic heterocycles. The molecule has 98 valence electrons. The summed E-state index contributed by atoms with van der Waals surface area (Å²) in [6, 6.07) is 8.12. The summed E-state index contributed by atoms with van der Waals surface area (Å²) in [5.74, 6) is 0.437. The largest absolute Gasteiger partial charge is 0.493 e. The molecule has 2 aromatic rings. The highest BCUT2D eigenvalue weighted by Crippen LogP contribution is 2.40. The number of ether oxygens (including phenoxy) is 1. The molecule has 0 saturated heterocycles. The predicted molar refractivity (Wildman–Crippen MR) is 75.7 cm³/mol. The van der Waals surface area contributed by atoms with Crippen molar-refractivity contribution >= 4 is 23.2 Å². The van der Waals surface area contributed by atoms with Crippen LogP contribution in [0.2, 0.25) is 10.0 Å². The van der Waals surface area contributed by atoms with Gasteiger partial charge in [-0.1, -0.05) is 23.2 Å². The summed E-state index contributed by atoms with van der Waals surface area (Å²) in [5, 5.41) is 1.10. The maximum Gasteiger partial charge on any atom is 0.130 e. The second-order valence-electron chi connectivity index (χ2n) is 4.52. The molecule has 0 N–H and O–H groups in total. The van der Waals surface area contributed by atoms with Crippen molar-refractivity contribution in [3.05, 3.63) is 51.8 Å². The molecule has 0 unspecified atom stereocenters. The third-order valence-corrected chi connectivity index (χ3v) is 3.75. The Bertz CT molecular complexity index is 640. The molecule has 1 aliphatic rings. The van der Waals surface area contributed by atoms with E-state index in [4.69, 9.17) is 27.9 Å². The summed E-state index contributed by atoms with van der Waals surface area (Å²) < 4.78 is 19.4. The number of hydrogen-bond acceptors (Lipinski definition) is 1. The molecular formula is C15H11Cl2FO. The van der Waals surface area contributed by atoms with E-state index in [0.29, 0.717) is 27.8 Å². The lowest BCUT2D eigenvalue weighted by Gasteiger charge is -2.21. The zero-order valence-corrected chi connectivity index (χ0v) is 11.6. The normalized spacial score (nSPS) is 13.8. The molecule has 0 fully saturated rings. The van der Waals surface area contributed by atoms with Gasteiger partial charge in [0.05, 0.1) is 6.61 Å². The van der Waals surface area contributed by atoms with Gasteiger partial charge in [0, 0.05) is 21.2 Å². The highest BCUT2D eigenvalue weighted by Gasteiger charge is 2.19. The Hall–Kier alpha value is -1.25. The fourth-order valence-corrected chi connectivity index (χ4v) is 2.74. The molecule has 2 aromatic carbocycles. The highest BCUT2D eigenvalue weighted by molar-refractivity contribution is 6.35. The number of rotatable bonds is 1. The first kappa shape index (κ1) is 12.8. The Balaban J connectivity index is 2.24. The maximum atomic E-state index is 13.7. The molecule has 0 amide bonds. The minimum absolute atomic E-state index is 0.282. The van der Waals surface area contributed by atoms with E-state index >= 15 is 0 Å². The van der Waals surface area contributed by atoms with Gasteiger partial charge in [-0.2, -0.15) is 0 Å². The lowest BCUT2D eigenvalue weighted by Crippen LogP contribution is -2.10. The van der Waals surface area contributed by atoms with Crippen molar-refractivity contribution in [3.8, 4) is 16.9 Å². The number of fused-ring (bicyclic) bond motifs is 1. The van der Waals surface area contributed by atoms with E-state index in [9.17, 15) is 4.39 Å². The van der Waals surface area contributed by atoms with Crippen LogP contribution in [-0.4, -0.2) is 6.61 Å². The topological polar surface area (TPSA) is 9.23 Å². The third kappa shape index (κ3) is 2.43. The third-order valence-electron chi connectivity index (χ3n) is 3.19. The van der Waals surface area contributed by atoms with Crippen LogP contribution < -0.4 is 4.74 Å². The molecular weight excluding hydrogens is 286 g/mol. The molecule has 4 heteroatoms. The summed E-state index contributed by atoms with van der Waals surface area (Å²) in [6.07, 6.45) is 1.72. The van der Waals surface area contributed by atoms with E-state index in [1.165, 1.54) is 12.1 Å². The van der Waals surface area contributed by atoms with Crippen LogP contribution in [-0.2, 0) is 6.42 Å². The van der Waals surface area contributed by atoms with Gasteiger partial charge in [0.15, 0.2) is 0 Å². The zero-order chi connectivity index (χ0) is 13.4. The molecule has 19 heavy (non-hydrogen) atoms. The summed E-state index contributed by atoms with van der Waals surface area (Å²) in [5.41, 5.74) is 2.26. The van der Waals surface area contributed by atoms with Crippen LogP contribution in [0.3, 0.4) is 0 Å². The molecule has 0 spiro atoms. The van der Waals surface area contributed by atoms with E-state index < -0.39 is 0 Å². The van der Waals surface area contributed by atoms with Gasteiger partial charge in [-0.25, -0.2) is 4.39 Å². The lowest BCUT2D eigenvalue weighted by molar-refractivity contribution is 0.289. The Morgan fingerprint density at radius 1 is 1.05 bits per heavy atom. The second-order valence-corrected chi connectivity index (χ2v) is 5.36. The minimum atomic E-state index is -0.282. The van der Waals surface area contributed by atoms with Crippen LogP contribution in [0.4, 0.5) is 4.39 Å². The van der Waals surface area contributed by atoms with Gasteiger partial charge in [0.1, 0.15) is 11.6 Å². The number of hydrogen-bond donors (Lipinski definition) is 0. The van der Waals surface area contributed by atoms with Crippen molar-refractivity contribution in [1.29, 1.82) is 0 Å². The molecule has 0 saturated carbocycles. The highest BCUT2D eigenvalue weighted by atomic mass is 35.5. The Morgan fingerprint density at radius 3 is 2.74 bits per heavy atom. The SMILES string of the molecule is Fc1cc2c(c(-c3cc(Cl)ccc3Cl)c1)OCCC2. The molecule has 0 atom stereocenters. The summed E-state index contributed by atoms with van der Waals surface area (Å²) in [4.78, 5) is 0. The fraction of sp³-hybridized carbons (Fsp3) is 0.200. The molecule has 0 radical (unpaired) electrons. The molecule has 0 aromatic heterocycles. The first-order valence-electron chi connectivity index (χ1n) is 6.06. The quantitative estimate of drug-likeness (QED) is 0.709. The van der Waals surface area contributed by atoms with E-state index in [1.54, 1.807) is 18.2 Å². The molecule has 1 heterocycles. The standard InChI is InChI=1S/C15H11Cl2FO/c16-10-3-4-14(17)12(7-10)13-8-11(18)6-9-2-1-5-19-15(9)13/h3-4,6-8H,1-2,5H2. The summed E-state index contributed by atoms with van der Waals surface area (Å²) in [6.45, 7) is 0.643. The maximum absolute atomic E-state index is 13.7. The van der Waals surface area contributed by atoms with Crippen LogP contribution in [0.5, 0.6) is 5.75 Å². The van der Waals surface area contributed by atoms with Gasteiger partial charge in [-0.3, -0.25) is 0 Å². The van der Waals surface area contributed by atoms with Crippen LogP contribution in [0.25, 0.3) is 11.1 Å². The van der Waals surface area contributed by atoms with Gasteiger partial charge < -0.3 is 4.74 Å². The van der Waals surface area contributed by atoms with E-state index in [-0.39, 0.29) is 5.82 Å². The Morgan fingerprint density at radius 2 is 1.89 bits per heavy atom.